The monoisotopic (exact) mass is 458 g/mol. The smallest absolute Gasteiger partial charge is 0.277 e. The second-order valence-corrected chi connectivity index (χ2v) is 8.85. The quantitative estimate of drug-likeness (QED) is 0.621. The third kappa shape index (κ3) is 4.49. The first-order valence-corrected chi connectivity index (χ1v) is 11.1. The van der Waals surface area contributed by atoms with Crippen LogP contribution in [-0.2, 0) is 20.7 Å². The Kier molecular flexibility index (Phi) is 6.37. The third-order valence-corrected chi connectivity index (χ3v) is 6.09. The number of hydrogen-bond donors (Lipinski definition) is 0. The molecule has 2 aromatic rings. The summed E-state index contributed by atoms with van der Waals surface area (Å²) >= 11 is 12.5. The molecule has 7 heteroatoms. The fraction of sp³-hybridized carbons (Fsp3) is 0.333. The van der Waals surface area contributed by atoms with Gasteiger partial charge in [0.25, 0.3) is 11.8 Å². The van der Waals surface area contributed by atoms with Gasteiger partial charge in [0.15, 0.2) is 0 Å². The number of nitrogens with zero attached hydrogens (tertiary/aromatic N) is 2. The molecule has 2 aromatic carbocycles. The van der Waals surface area contributed by atoms with Gasteiger partial charge in [0, 0.05) is 30.2 Å². The molecule has 1 fully saturated rings. The van der Waals surface area contributed by atoms with Crippen molar-refractivity contribution in [1.29, 1.82) is 0 Å². The van der Waals surface area contributed by atoms with Crippen molar-refractivity contribution in [2.24, 2.45) is 0 Å². The van der Waals surface area contributed by atoms with Crippen LogP contribution in [0.3, 0.4) is 0 Å². The van der Waals surface area contributed by atoms with Crippen molar-refractivity contribution < 1.29 is 14.3 Å². The van der Waals surface area contributed by atoms with E-state index in [-0.39, 0.29) is 24.0 Å². The molecule has 0 aromatic heterocycles. The number of halogens is 2. The Labute approximate surface area is 192 Å². The molecule has 2 heterocycles. The van der Waals surface area contributed by atoms with Crippen molar-refractivity contribution >= 4 is 40.6 Å². The number of amides is 2. The number of carbonyl (C=O) groups is 2. The SMILES string of the molecule is CC1CN(C2=C(c3ccc(Cl)cc3Cl)C(=O)N(CCc3ccccc3)C2=O)CC(C)O1. The van der Waals surface area contributed by atoms with Crippen LogP contribution in [0.5, 0.6) is 0 Å². The molecule has 0 N–H and O–H groups in total. The van der Waals surface area contributed by atoms with Crippen molar-refractivity contribution in [3.63, 3.8) is 0 Å². The molecule has 0 saturated carbocycles. The first-order chi connectivity index (χ1) is 14.8. The molecule has 0 aliphatic carbocycles. The maximum absolute atomic E-state index is 13.5. The van der Waals surface area contributed by atoms with Gasteiger partial charge in [-0.2, -0.15) is 0 Å². The molecular weight excluding hydrogens is 435 g/mol. The molecule has 2 amide bonds. The van der Waals surface area contributed by atoms with Gasteiger partial charge in [0.1, 0.15) is 5.70 Å². The fourth-order valence-electron chi connectivity index (χ4n) is 4.24. The molecule has 5 nitrogen and oxygen atoms in total. The lowest BCUT2D eigenvalue weighted by Gasteiger charge is -2.37. The molecule has 2 aliphatic rings. The van der Waals surface area contributed by atoms with Crippen molar-refractivity contribution in [1.82, 2.24) is 9.80 Å². The first kappa shape index (κ1) is 21.9. The van der Waals surface area contributed by atoms with Crippen LogP contribution in [0.2, 0.25) is 10.0 Å². The number of morpholine rings is 1. The molecule has 2 atom stereocenters. The summed E-state index contributed by atoms with van der Waals surface area (Å²) in [5.74, 6) is -0.616. The summed E-state index contributed by atoms with van der Waals surface area (Å²) in [5, 5.41) is 0.822. The van der Waals surface area contributed by atoms with Crippen LogP contribution in [0.1, 0.15) is 25.0 Å². The molecular formula is C24H24Cl2N2O3. The van der Waals surface area contributed by atoms with Crippen LogP contribution in [0, 0.1) is 0 Å². The van der Waals surface area contributed by atoms with Crippen molar-refractivity contribution in [2.75, 3.05) is 19.6 Å². The number of hydrogen-bond acceptors (Lipinski definition) is 4. The number of imide groups is 1. The second kappa shape index (κ2) is 9.03. The van der Waals surface area contributed by atoms with E-state index in [0.29, 0.717) is 52.9 Å². The maximum atomic E-state index is 13.5. The van der Waals surface area contributed by atoms with E-state index in [0.717, 1.165) is 5.56 Å². The van der Waals surface area contributed by atoms with Gasteiger partial charge in [-0.1, -0.05) is 59.6 Å². The largest absolute Gasteiger partial charge is 0.372 e. The van der Waals surface area contributed by atoms with Gasteiger partial charge in [-0.15, -0.1) is 0 Å². The molecule has 162 valence electrons. The van der Waals surface area contributed by atoms with E-state index in [9.17, 15) is 9.59 Å². The van der Waals surface area contributed by atoms with E-state index < -0.39 is 0 Å². The summed E-state index contributed by atoms with van der Waals surface area (Å²) < 4.78 is 5.83. The number of carbonyl (C=O) groups excluding carboxylic acids is 2. The van der Waals surface area contributed by atoms with E-state index in [1.165, 1.54) is 4.90 Å². The van der Waals surface area contributed by atoms with Crippen LogP contribution < -0.4 is 0 Å². The van der Waals surface area contributed by atoms with Crippen LogP contribution in [-0.4, -0.2) is 53.5 Å². The molecule has 31 heavy (non-hydrogen) atoms. The van der Waals surface area contributed by atoms with Crippen molar-refractivity contribution in [3.8, 4) is 0 Å². The molecule has 2 unspecified atom stereocenters. The average molecular weight is 459 g/mol. The average Bonchev–Trinajstić information content (AvgIpc) is 2.96. The minimum atomic E-state index is -0.327. The van der Waals surface area contributed by atoms with E-state index in [1.54, 1.807) is 18.2 Å². The fourth-order valence-corrected chi connectivity index (χ4v) is 4.74. The lowest BCUT2D eigenvalue weighted by molar-refractivity contribution is -0.138. The van der Waals surface area contributed by atoms with Crippen LogP contribution in [0.15, 0.2) is 54.2 Å². The summed E-state index contributed by atoms with van der Waals surface area (Å²) in [5.41, 5.74) is 2.31. The van der Waals surface area contributed by atoms with Gasteiger partial charge in [0.2, 0.25) is 0 Å². The third-order valence-electron chi connectivity index (χ3n) is 5.55. The Bertz CT molecular complexity index is 1030. The highest BCUT2D eigenvalue weighted by Crippen LogP contribution is 2.37. The second-order valence-electron chi connectivity index (χ2n) is 8.01. The van der Waals surface area contributed by atoms with Gasteiger partial charge >= 0.3 is 0 Å². The minimum absolute atomic E-state index is 0.0561. The van der Waals surface area contributed by atoms with Crippen molar-refractivity contribution in [3.05, 3.63) is 75.4 Å². The zero-order valence-electron chi connectivity index (χ0n) is 17.5. The highest BCUT2D eigenvalue weighted by atomic mass is 35.5. The normalized spacial score (nSPS) is 21.9. The van der Waals surface area contributed by atoms with Gasteiger partial charge in [-0.25, -0.2) is 0 Å². The van der Waals surface area contributed by atoms with Crippen LogP contribution in [0.25, 0.3) is 5.57 Å². The van der Waals surface area contributed by atoms with E-state index >= 15 is 0 Å². The highest BCUT2D eigenvalue weighted by molar-refractivity contribution is 6.41. The van der Waals surface area contributed by atoms with Gasteiger partial charge < -0.3 is 9.64 Å². The molecule has 0 bridgehead atoms. The molecule has 0 spiro atoms. The zero-order valence-corrected chi connectivity index (χ0v) is 19.0. The summed E-state index contributed by atoms with van der Waals surface area (Å²) in [6.45, 7) is 5.29. The molecule has 2 aliphatic heterocycles. The highest BCUT2D eigenvalue weighted by Gasteiger charge is 2.43. The van der Waals surface area contributed by atoms with Crippen LogP contribution in [0.4, 0.5) is 0 Å². The lowest BCUT2D eigenvalue weighted by atomic mass is 10.0. The Hall–Kier alpha value is -2.34. The van der Waals surface area contributed by atoms with E-state index in [4.69, 9.17) is 27.9 Å². The van der Waals surface area contributed by atoms with Gasteiger partial charge in [-0.3, -0.25) is 14.5 Å². The van der Waals surface area contributed by atoms with Gasteiger partial charge in [0.05, 0.1) is 22.8 Å². The topological polar surface area (TPSA) is 49.9 Å². The van der Waals surface area contributed by atoms with Gasteiger partial charge in [-0.05, 0) is 38.0 Å². The number of ether oxygens (including phenoxy) is 1. The molecule has 0 radical (unpaired) electrons. The van der Waals surface area contributed by atoms with E-state index in [1.807, 2.05) is 49.1 Å². The Morgan fingerprint density at radius 2 is 1.65 bits per heavy atom. The lowest BCUT2D eigenvalue weighted by Crippen LogP contribution is -2.47. The molecule has 4 rings (SSSR count). The Balaban J connectivity index is 1.72. The standard InChI is InChI=1S/C24H24Cl2N2O3/c1-15-13-27(14-16(2)31-15)22-21(19-9-8-18(25)12-20(19)26)23(29)28(24(22)30)11-10-17-6-4-3-5-7-17/h3-9,12,15-16H,10-11,13-14H2,1-2H3. The number of benzene rings is 2. The Morgan fingerprint density at radius 3 is 2.29 bits per heavy atom. The maximum Gasteiger partial charge on any atom is 0.277 e. The number of rotatable bonds is 5. The summed E-state index contributed by atoms with van der Waals surface area (Å²) in [6, 6.07) is 14.8. The zero-order chi connectivity index (χ0) is 22.1. The van der Waals surface area contributed by atoms with Crippen LogP contribution >= 0.6 is 23.2 Å². The summed E-state index contributed by atoms with van der Waals surface area (Å²) in [4.78, 5) is 30.3. The first-order valence-electron chi connectivity index (χ1n) is 10.4. The predicted molar refractivity (Wildman–Crippen MR) is 122 cm³/mol. The summed E-state index contributed by atoms with van der Waals surface area (Å²) in [6.07, 6.45) is 0.474. The predicted octanol–water partition coefficient (Wildman–Crippen LogP) is 4.43. The Morgan fingerprint density at radius 1 is 0.968 bits per heavy atom. The van der Waals surface area contributed by atoms with E-state index in [2.05, 4.69) is 0 Å². The summed E-state index contributed by atoms with van der Waals surface area (Å²) in [7, 11) is 0. The minimum Gasteiger partial charge on any atom is -0.372 e. The molecule has 1 saturated heterocycles. The van der Waals surface area contributed by atoms with Crippen molar-refractivity contribution in [2.45, 2.75) is 32.5 Å².